The molecule has 4 rings (SSSR count). The van der Waals surface area contributed by atoms with Gasteiger partial charge in [0, 0.05) is 38.5 Å². The number of hydrogen-bond acceptors (Lipinski definition) is 4. The van der Waals surface area contributed by atoms with Crippen LogP contribution < -0.4 is 10.9 Å². The number of carbonyl (C=O) groups excluding carboxylic acids is 1. The second-order valence-corrected chi connectivity index (χ2v) is 8.70. The standard InChI is InChI=1S/C25H27F3N4O2/c26-25(27,28)18-6-3-5-17(15-18)16-32-13-11-19(12-14-32)29-23(33)10-4-9-22-30-21-8-2-1-7-20(21)24(34)31-22/h1-3,5-8,15,19H,4,9-14,16H2,(H,29,33)(H,30,31,34). The van der Waals surface area contributed by atoms with E-state index in [2.05, 4.69) is 20.2 Å². The van der Waals surface area contributed by atoms with Crippen molar-refractivity contribution >= 4 is 16.8 Å². The molecule has 0 aliphatic carbocycles. The van der Waals surface area contributed by atoms with Crippen LogP contribution in [0.1, 0.15) is 42.6 Å². The smallest absolute Gasteiger partial charge is 0.353 e. The van der Waals surface area contributed by atoms with Crippen LogP contribution in [0.3, 0.4) is 0 Å². The lowest BCUT2D eigenvalue weighted by Crippen LogP contribution is -2.44. The largest absolute Gasteiger partial charge is 0.416 e. The zero-order valence-corrected chi connectivity index (χ0v) is 18.7. The molecule has 1 fully saturated rings. The number of carbonyl (C=O) groups is 1. The first kappa shape index (κ1) is 23.9. The molecule has 1 saturated heterocycles. The van der Waals surface area contributed by atoms with Crippen molar-refractivity contribution < 1.29 is 18.0 Å². The maximum absolute atomic E-state index is 12.9. The number of aryl methyl sites for hydroxylation is 1. The number of para-hydroxylation sites is 1. The van der Waals surface area contributed by atoms with Crippen LogP contribution in [0.25, 0.3) is 10.9 Å². The molecule has 0 bridgehead atoms. The normalized spacial score (nSPS) is 15.5. The van der Waals surface area contributed by atoms with E-state index in [1.165, 1.54) is 12.1 Å². The lowest BCUT2D eigenvalue weighted by atomic mass is 10.0. The van der Waals surface area contributed by atoms with Crippen LogP contribution in [0.5, 0.6) is 0 Å². The fourth-order valence-electron chi connectivity index (χ4n) is 4.31. The first-order chi connectivity index (χ1) is 16.3. The first-order valence-electron chi connectivity index (χ1n) is 11.4. The molecule has 1 aliphatic rings. The Hall–Kier alpha value is -3.20. The van der Waals surface area contributed by atoms with Gasteiger partial charge < -0.3 is 10.3 Å². The summed E-state index contributed by atoms with van der Waals surface area (Å²) in [5, 5.41) is 3.60. The van der Waals surface area contributed by atoms with Crippen LogP contribution in [-0.4, -0.2) is 39.9 Å². The molecule has 34 heavy (non-hydrogen) atoms. The van der Waals surface area contributed by atoms with Crippen LogP contribution in [0, 0.1) is 0 Å². The molecule has 0 saturated carbocycles. The molecule has 6 nitrogen and oxygen atoms in total. The molecule has 2 N–H and O–H groups in total. The van der Waals surface area contributed by atoms with E-state index in [9.17, 15) is 22.8 Å². The van der Waals surface area contributed by atoms with Gasteiger partial charge in [-0.1, -0.05) is 30.3 Å². The van der Waals surface area contributed by atoms with E-state index < -0.39 is 11.7 Å². The summed E-state index contributed by atoms with van der Waals surface area (Å²) in [6, 6.07) is 12.6. The number of nitrogens with zero attached hydrogens (tertiary/aromatic N) is 2. The number of aromatic nitrogens is 2. The third kappa shape index (κ3) is 6.22. The van der Waals surface area contributed by atoms with Crippen molar-refractivity contribution in [3.63, 3.8) is 0 Å². The van der Waals surface area contributed by atoms with Crippen molar-refractivity contribution in [2.75, 3.05) is 13.1 Å². The van der Waals surface area contributed by atoms with Crippen molar-refractivity contribution in [2.45, 2.75) is 50.9 Å². The Morgan fingerprint density at radius 2 is 1.88 bits per heavy atom. The van der Waals surface area contributed by atoms with E-state index in [1.807, 2.05) is 6.07 Å². The highest BCUT2D eigenvalue weighted by atomic mass is 19.4. The van der Waals surface area contributed by atoms with E-state index in [-0.39, 0.29) is 17.5 Å². The summed E-state index contributed by atoms with van der Waals surface area (Å²) >= 11 is 0. The second-order valence-electron chi connectivity index (χ2n) is 8.70. The molecule has 180 valence electrons. The van der Waals surface area contributed by atoms with Gasteiger partial charge in [0.15, 0.2) is 0 Å². The fourth-order valence-corrected chi connectivity index (χ4v) is 4.31. The van der Waals surface area contributed by atoms with Crippen LogP contribution in [-0.2, 0) is 23.9 Å². The minimum absolute atomic E-state index is 0.0422. The van der Waals surface area contributed by atoms with Crippen LogP contribution >= 0.6 is 0 Å². The number of aromatic amines is 1. The predicted molar refractivity (Wildman–Crippen MR) is 123 cm³/mol. The van der Waals surface area contributed by atoms with Gasteiger partial charge in [0.05, 0.1) is 16.5 Å². The third-order valence-corrected chi connectivity index (χ3v) is 6.09. The molecule has 0 atom stereocenters. The van der Waals surface area contributed by atoms with Gasteiger partial charge in [-0.05, 0) is 43.0 Å². The van der Waals surface area contributed by atoms with Gasteiger partial charge in [0.25, 0.3) is 5.56 Å². The third-order valence-electron chi connectivity index (χ3n) is 6.09. The van der Waals surface area contributed by atoms with Gasteiger partial charge in [-0.25, -0.2) is 4.98 Å². The minimum Gasteiger partial charge on any atom is -0.353 e. The monoisotopic (exact) mass is 472 g/mol. The number of amides is 1. The zero-order chi connectivity index (χ0) is 24.1. The topological polar surface area (TPSA) is 78.1 Å². The molecule has 1 amide bonds. The average Bonchev–Trinajstić information content (AvgIpc) is 2.80. The van der Waals surface area contributed by atoms with Crippen molar-refractivity contribution in [1.82, 2.24) is 20.2 Å². The number of piperidine rings is 1. The lowest BCUT2D eigenvalue weighted by molar-refractivity contribution is -0.137. The fraction of sp³-hybridized carbons (Fsp3) is 0.400. The Morgan fingerprint density at radius 3 is 2.65 bits per heavy atom. The molecule has 2 aromatic carbocycles. The summed E-state index contributed by atoms with van der Waals surface area (Å²) in [6.07, 6.45) is -1.42. The number of likely N-dealkylation sites (tertiary alicyclic amines) is 1. The number of halogens is 3. The van der Waals surface area contributed by atoms with E-state index in [0.717, 1.165) is 18.9 Å². The van der Waals surface area contributed by atoms with Gasteiger partial charge in [-0.3, -0.25) is 14.5 Å². The first-order valence-corrected chi connectivity index (χ1v) is 11.4. The number of hydrogen-bond donors (Lipinski definition) is 2. The summed E-state index contributed by atoms with van der Waals surface area (Å²) in [5.41, 5.74) is 0.470. The Labute approximate surface area is 195 Å². The highest BCUT2D eigenvalue weighted by molar-refractivity contribution is 5.77. The number of nitrogens with one attached hydrogen (secondary N) is 2. The number of H-pyrrole nitrogens is 1. The lowest BCUT2D eigenvalue weighted by Gasteiger charge is -2.32. The molecule has 1 aromatic heterocycles. The van der Waals surface area contributed by atoms with Gasteiger partial charge in [-0.2, -0.15) is 13.2 Å². The van der Waals surface area contributed by atoms with Crippen molar-refractivity contribution in [2.24, 2.45) is 0 Å². The highest BCUT2D eigenvalue weighted by Gasteiger charge is 2.30. The Bertz CT molecular complexity index is 1200. The molecule has 9 heteroatoms. The molecule has 2 heterocycles. The van der Waals surface area contributed by atoms with E-state index in [0.29, 0.717) is 61.2 Å². The predicted octanol–water partition coefficient (Wildman–Crippen LogP) is 4.05. The number of fused-ring (bicyclic) bond motifs is 1. The molecule has 0 unspecified atom stereocenters. The molecule has 0 radical (unpaired) electrons. The van der Waals surface area contributed by atoms with E-state index in [1.54, 1.807) is 24.3 Å². The van der Waals surface area contributed by atoms with Gasteiger partial charge in [-0.15, -0.1) is 0 Å². The Kier molecular flexibility index (Phi) is 7.31. The minimum atomic E-state index is -4.34. The molecule has 1 aliphatic heterocycles. The van der Waals surface area contributed by atoms with Crippen LogP contribution in [0.15, 0.2) is 53.3 Å². The number of benzene rings is 2. The van der Waals surface area contributed by atoms with Crippen LogP contribution in [0.4, 0.5) is 13.2 Å². The van der Waals surface area contributed by atoms with Crippen molar-refractivity contribution in [1.29, 1.82) is 0 Å². The van der Waals surface area contributed by atoms with Crippen molar-refractivity contribution in [3.8, 4) is 0 Å². The molecular formula is C25H27F3N4O2. The summed E-state index contributed by atoms with van der Waals surface area (Å²) in [7, 11) is 0. The highest BCUT2D eigenvalue weighted by Crippen LogP contribution is 2.30. The summed E-state index contributed by atoms with van der Waals surface area (Å²) in [4.78, 5) is 33.8. The Morgan fingerprint density at radius 1 is 1.12 bits per heavy atom. The number of alkyl halides is 3. The van der Waals surface area contributed by atoms with Gasteiger partial charge in [0.2, 0.25) is 5.91 Å². The quantitative estimate of drug-likeness (QED) is 0.544. The maximum atomic E-state index is 12.9. The second kappa shape index (κ2) is 10.4. The average molecular weight is 473 g/mol. The van der Waals surface area contributed by atoms with E-state index >= 15 is 0 Å². The van der Waals surface area contributed by atoms with Crippen molar-refractivity contribution in [3.05, 3.63) is 75.8 Å². The number of rotatable bonds is 7. The molecule has 3 aromatic rings. The maximum Gasteiger partial charge on any atom is 0.416 e. The zero-order valence-electron chi connectivity index (χ0n) is 18.7. The summed E-state index contributed by atoms with van der Waals surface area (Å²) < 4.78 is 38.7. The Balaban J connectivity index is 1.20. The summed E-state index contributed by atoms with van der Waals surface area (Å²) in [6.45, 7) is 1.88. The SMILES string of the molecule is O=C(CCCc1nc2ccccc2c(=O)[nH]1)NC1CCN(Cc2cccc(C(F)(F)F)c2)CC1. The summed E-state index contributed by atoms with van der Waals surface area (Å²) in [5.74, 6) is 0.527. The molecule has 0 spiro atoms. The van der Waals surface area contributed by atoms with Gasteiger partial charge >= 0.3 is 6.18 Å². The van der Waals surface area contributed by atoms with E-state index in [4.69, 9.17) is 0 Å². The van der Waals surface area contributed by atoms with Crippen LogP contribution in [0.2, 0.25) is 0 Å². The molecular weight excluding hydrogens is 445 g/mol. The van der Waals surface area contributed by atoms with Gasteiger partial charge in [0.1, 0.15) is 5.82 Å².